The third kappa shape index (κ3) is 3.90. The summed E-state index contributed by atoms with van der Waals surface area (Å²) in [6.07, 6.45) is 0.942. The fraction of sp³-hybridized carbons (Fsp3) is 0.231. The van der Waals surface area contributed by atoms with E-state index in [2.05, 4.69) is 29.1 Å². The van der Waals surface area contributed by atoms with Crippen LogP contribution in [0, 0.1) is 13.7 Å². The molecule has 0 bridgehead atoms. The molecule has 100 valence electrons. The van der Waals surface area contributed by atoms with Crippen LogP contribution in [0.15, 0.2) is 35.0 Å². The van der Waals surface area contributed by atoms with Crippen molar-refractivity contribution in [2.75, 3.05) is 5.32 Å². The van der Waals surface area contributed by atoms with Crippen molar-refractivity contribution in [3.63, 3.8) is 0 Å². The van der Waals surface area contributed by atoms with Crippen molar-refractivity contribution in [3.05, 3.63) is 54.3 Å². The first-order valence-corrected chi connectivity index (χ1v) is 7.80. The van der Waals surface area contributed by atoms with Crippen LogP contribution in [-0.2, 0) is 6.42 Å². The van der Waals surface area contributed by atoms with Crippen molar-refractivity contribution in [2.45, 2.75) is 19.4 Å². The van der Waals surface area contributed by atoms with E-state index >= 15 is 0 Å². The van der Waals surface area contributed by atoms with E-state index in [1.165, 1.54) is 5.56 Å². The van der Waals surface area contributed by atoms with Crippen LogP contribution in [0.5, 0.6) is 0 Å². The van der Waals surface area contributed by atoms with E-state index < -0.39 is 0 Å². The normalized spacial score (nSPS) is 12.1. The molecule has 0 amide bonds. The Labute approximate surface area is 129 Å². The predicted molar refractivity (Wildman–Crippen MR) is 86.9 cm³/mol. The standard InChI is InChI=1S/C13H13IN2O2S/c1-9(6-10-4-5-19-8-10)15-11-2-3-13(16(17)18)12(14)7-11/h2-5,7-9,15H,6H2,1H3. The highest BCUT2D eigenvalue weighted by atomic mass is 127. The molecule has 0 fully saturated rings. The van der Waals surface area contributed by atoms with Gasteiger partial charge >= 0.3 is 0 Å². The molecule has 0 spiro atoms. The first kappa shape index (κ1) is 14.3. The lowest BCUT2D eigenvalue weighted by Gasteiger charge is -2.14. The SMILES string of the molecule is CC(Cc1ccsc1)Nc1ccc([N+](=O)[O-])c(I)c1. The first-order chi connectivity index (χ1) is 9.06. The zero-order valence-corrected chi connectivity index (χ0v) is 13.3. The van der Waals surface area contributed by atoms with E-state index in [1.807, 2.05) is 28.7 Å². The second kappa shape index (κ2) is 6.33. The van der Waals surface area contributed by atoms with Crippen LogP contribution < -0.4 is 5.32 Å². The Bertz CT molecular complexity index is 572. The van der Waals surface area contributed by atoms with Gasteiger partial charge in [-0.05, 0) is 70.5 Å². The highest BCUT2D eigenvalue weighted by molar-refractivity contribution is 14.1. The molecule has 0 aliphatic rings. The van der Waals surface area contributed by atoms with E-state index in [9.17, 15) is 10.1 Å². The maximum Gasteiger partial charge on any atom is 0.282 e. The topological polar surface area (TPSA) is 55.2 Å². The summed E-state index contributed by atoms with van der Waals surface area (Å²) in [5, 5.41) is 18.3. The fourth-order valence-electron chi connectivity index (χ4n) is 1.84. The van der Waals surface area contributed by atoms with E-state index in [0.29, 0.717) is 3.57 Å². The van der Waals surface area contributed by atoms with Crippen molar-refractivity contribution in [1.82, 2.24) is 0 Å². The van der Waals surface area contributed by atoms with Crippen molar-refractivity contribution in [2.24, 2.45) is 0 Å². The number of hydrogen-bond donors (Lipinski definition) is 1. The van der Waals surface area contributed by atoms with Gasteiger partial charge in [0.25, 0.3) is 5.69 Å². The monoisotopic (exact) mass is 388 g/mol. The maximum atomic E-state index is 10.7. The summed E-state index contributed by atoms with van der Waals surface area (Å²) in [7, 11) is 0. The highest BCUT2D eigenvalue weighted by Gasteiger charge is 2.12. The maximum absolute atomic E-state index is 10.7. The first-order valence-electron chi connectivity index (χ1n) is 5.78. The zero-order chi connectivity index (χ0) is 13.8. The Balaban J connectivity index is 2.03. The molecule has 4 nitrogen and oxygen atoms in total. The van der Waals surface area contributed by atoms with Crippen LogP contribution in [0.3, 0.4) is 0 Å². The zero-order valence-electron chi connectivity index (χ0n) is 10.3. The van der Waals surface area contributed by atoms with Gasteiger partial charge in [-0.25, -0.2) is 0 Å². The number of nitro benzene ring substituents is 1. The van der Waals surface area contributed by atoms with Gasteiger partial charge in [0.15, 0.2) is 0 Å². The summed E-state index contributed by atoms with van der Waals surface area (Å²) in [6, 6.07) is 7.50. The number of hydrogen-bond acceptors (Lipinski definition) is 4. The minimum absolute atomic E-state index is 0.150. The second-order valence-corrected chi connectivity index (χ2v) is 6.25. The summed E-state index contributed by atoms with van der Waals surface area (Å²) in [6.45, 7) is 2.10. The van der Waals surface area contributed by atoms with Crippen molar-refractivity contribution >= 4 is 45.3 Å². The van der Waals surface area contributed by atoms with Gasteiger partial charge in [-0.1, -0.05) is 0 Å². The van der Waals surface area contributed by atoms with Gasteiger partial charge in [0, 0.05) is 17.8 Å². The van der Waals surface area contributed by atoms with E-state index in [0.717, 1.165) is 12.1 Å². The molecule has 6 heteroatoms. The van der Waals surface area contributed by atoms with Crippen LogP contribution in [0.4, 0.5) is 11.4 Å². The number of nitrogens with zero attached hydrogens (tertiary/aromatic N) is 1. The smallest absolute Gasteiger partial charge is 0.282 e. The van der Waals surface area contributed by atoms with Crippen LogP contribution in [-0.4, -0.2) is 11.0 Å². The Kier molecular flexibility index (Phi) is 4.76. The number of nitrogens with one attached hydrogen (secondary N) is 1. The third-order valence-corrected chi connectivity index (χ3v) is 4.28. The second-order valence-electron chi connectivity index (χ2n) is 4.30. The van der Waals surface area contributed by atoms with Crippen LogP contribution >= 0.6 is 33.9 Å². The van der Waals surface area contributed by atoms with Crippen LogP contribution in [0.1, 0.15) is 12.5 Å². The van der Waals surface area contributed by atoms with Crippen LogP contribution in [0.25, 0.3) is 0 Å². The van der Waals surface area contributed by atoms with Gasteiger partial charge in [-0.3, -0.25) is 10.1 Å². The Morgan fingerprint density at radius 2 is 2.26 bits per heavy atom. The van der Waals surface area contributed by atoms with Gasteiger partial charge in [0.1, 0.15) is 0 Å². The molecule has 1 N–H and O–H groups in total. The van der Waals surface area contributed by atoms with Crippen molar-refractivity contribution < 1.29 is 4.92 Å². The Morgan fingerprint density at radius 1 is 1.47 bits per heavy atom. The lowest BCUT2D eigenvalue weighted by molar-refractivity contribution is -0.385. The van der Waals surface area contributed by atoms with Gasteiger partial charge in [0.2, 0.25) is 0 Å². The molecule has 1 unspecified atom stereocenters. The molecule has 0 aliphatic heterocycles. The number of thiophene rings is 1. The molecule has 1 atom stereocenters. The molecule has 1 heterocycles. The van der Waals surface area contributed by atoms with Crippen molar-refractivity contribution in [1.29, 1.82) is 0 Å². The molecule has 1 aromatic heterocycles. The molecule has 2 aromatic rings. The van der Waals surface area contributed by atoms with Gasteiger partial charge in [-0.2, -0.15) is 11.3 Å². The summed E-state index contributed by atoms with van der Waals surface area (Å²) >= 11 is 3.68. The number of nitro groups is 1. The molecular formula is C13H13IN2O2S. The molecule has 1 aromatic carbocycles. The summed E-state index contributed by atoms with van der Waals surface area (Å²) < 4.78 is 0.648. The quantitative estimate of drug-likeness (QED) is 0.472. The molecule has 0 aliphatic carbocycles. The molecule has 19 heavy (non-hydrogen) atoms. The van der Waals surface area contributed by atoms with E-state index in [4.69, 9.17) is 0 Å². The predicted octanol–water partition coefficient (Wildman–Crippen LogP) is 4.30. The molecular weight excluding hydrogens is 375 g/mol. The minimum atomic E-state index is -0.361. The van der Waals surface area contributed by atoms with Gasteiger partial charge in [0.05, 0.1) is 8.49 Å². The summed E-state index contributed by atoms with van der Waals surface area (Å²) in [5.41, 5.74) is 2.37. The highest BCUT2D eigenvalue weighted by Crippen LogP contribution is 2.24. The average Bonchev–Trinajstić information content (AvgIpc) is 2.81. The van der Waals surface area contributed by atoms with Crippen LogP contribution in [0.2, 0.25) is 0 Å². The van der Waals surface area contributed by atoms with E-state index in [1.54, 1.807) is 23.5 Å². The minimum Gasteiger partial charge on any atom is -0.382 e. The third-order valence-electron chi connectivity index (χ3n) is 2.68. The average molecular weight is 388 g/mol. The van der Waals surface area contributed by atoms with Gasteiger partial charge < -0.3 is 5.32 Å². The number of halogens is 1. The molecule has 0 saturated carbocycles. The lowest BCUT2D eigenvalue weighted by Crippen LogP contribution is -2.17. The number of rotatable bonds is 5. The van der Waals surface area contributed by atoms with Crippen molar-refractivity contribution in [3.8, 4) is 0 Å². The molecule has 0 saturated heterocycles. The fourth-order valence-corrected chi connectivity index (χ4v) is 3.24. The molecule has 2 rings (SSSR count). The number of anilines is 1. The lowest BCUT2D eigenvalue weighted by atomic mass is 10.1. The van der Waals surface area contributed by atoms with Gasteiger partial charge in [-0.15, -0.1) is 0 Å². The largest absolute Gasteiger partial charge is 0.382 e. The summed E-state index contributed by atoms with van der Waals surface area (Å²) in [4.78, 5) is 10.4. The Morgan fingerprint density at radius 3 is 2.84 bits per heavy atom. The Hall–Kier alpha value is -1.15. The van der Waals surface area contributed by atoms with E-state index in [-0.39, 0.29) is 16.7 Å². The number of benzene rings is 1. The summed E-state index contributed by atoms with van der Waals surface area (Å²) in [5.74, 6) is 0. The molecule has 0 radical (unpaired) electrons.